The fourth-order valence-corrected chi connectivity index (χ4v) is 7.67. The molecule has 10 nitrogen and oxygen atoms in total. The lowest BCUT2D eigenvalue weighted by molar-refractivity contribution is -0.162. The zero-order valence-electron chi connectivity index (χ0n) is 26.7. The van der Waals surface area contributed by atoms with Crippen LogP contribution in [0.4, 0.5) is 0 Å². The van der Waals surface area contributed by atoms with Crippen molar-refractivity contribution in [1.29, 1.82) is 0 Å². The largest absolute Gasteiger partial charge is 0.487 e. The van der Waals surface area contributed by atoms with Gasteiger partial charge in [-0.3, -0.25) is 13.9 Å². The van der Waals surface area contributed by atoms with Crippen LogP contribution >= 0.6 is 26.7 Å². The summed E-state index contributed by atoms with van der Waals surface area (Å²) in [6.45, 7) is 8.84. The van der Waals surface area contributed by atoms with Crippen LogP contribution in [0.5, 0.6) is 5.75 Å². The fraction of sp³-hybridized carbons (Fsp3) is 0.382. The third-order valence-electron chi connectivity index (χ3n) is 8.27. The highest BCUT2D eigenvalue weighted by Gasteiger charge is 2.41. The van der Waals surface area contributed by atoms with E-state index < -0.39 is 28.3 Å². The molecule has 0 saturated heterocycles. The van der Waals surface area contributed by atoms with Crippen molar-refractivity contribution in [3.05, 3.63) is 105 Å². The highest BCUT2D eigenvalue weighted by atomic mass is 79.9. The van der Waals surface area contributed by atoms with Crippen LogP contribution in [0.2, 0.25) is 0 Å². The third-order valence-corrected chi connectivity index (χ3v) is 10.7. The molecule has 0 saturated carbocycles. The SMILES string of the molecule is CCC1CN(Cc2cc(C(OCc3cn(Cc4cccc(Br)c4)nn3)C(C)(C)C(=O)OC)ccc2C)S(O)(O)c2ccccc2O1. The van der Waals surface area contributed by atoms with Gasteiger partial charge < -0.3 is 14.2 Å². The predicted octanol–water partition coefficient (Wildman–Crippen LogP) is 7.55. The molecule has 2 unspecified atom stereocenters. The molecule has 2 atom stereocenters. The summed E-state index contributed by atoms with van der Waals surface area (Å²) in [4.78, 5) is 13.4. The molecule has 0 bridgehead atoms. The first kappa shape index (κ1) is 34.1. The Morgan fingerprint density at radius 1 is 1.13 bits per heavy atom. The maximum absolute atomic E-state index is 13.0. The van der Waals surface area contributed by atoms with E-state index in [1.807, 2.05) is 68.6 Å². The Bertz CT molecular complexity index is 1680. The zero-order valence-corrected chi connectivity index (χ0v) is 29.1. The van der Waals surface area contributed by atoms with Gasteiger partial charge in [-0.05, 0) is 73.7 Å². The van der Waals surface area contributed by atoms with Gasteiger partial charge in [0, 0.05) is 11.0 Å². The lowest BCUT2D eigenvalue weighted by atomic mass is 9.81. The first-order chi connectivity index (χ1) is 21.9. The Hall–Kier alpha value is -3.26. The molecule has 12 heteroatoms. The molecule has 1 aromatic heterocycles. The Morgan fingerprint density at radius 3 is 2.65 bits per heavy atom. The van der Waals surface area contributed by atoms with Gasteiger partial charge in [-0.2, -0.15) is 4.31 Å². The summed E-state index contributed by atoms with van der Waals surface area (Å²) in [6, 6.07) is 21.0. The monoisotopic (exact) mass is 712 g/mol. The van der Waals surface area contributed by atoms with Crippen molar-refractivity contribution in [3.8, 4) is 5.75 Å². The number of benzene rings is 3. The number of hydrogen-bond acceptors (Lipinski definition) is 9. The summed E-state index contributed by atoms with van der Waals surface area (Å²) in [5.74, 6) is 0.0726. The van der Waals surface area contributed by atoms with Gasteiger partial charge in [0.1, 0.15) is 22.4 Å². The van der Waals surface area contributed by atoms with Gasteiger partial charge in [-0.15, -0.1) is 15.9 Å². The maximum atomic E-state index is 13.0. The van der Waals surface area contributed by atoms with Gasteiger partial charge in [0.25, 0.3) is 0 Å². The third kappa shape index (κ3) is 7.48. The second kappa shape index (κ2) is 14.2. The van der Waals surface area contributed by atoms with E-state index in [1.165, 1.54) is 7.11 Å². The standard InChI is InChI=1S/C34H41BrN4O6S/c1-6-29-21-39(46(41,42)31-13-8-7-12-30(31)45-29)19-26-17-25(15-14-23(26)2)32(34(3,4)33(40)43-5)44-22-28-20-38(37-36-28)18-24-10-9-11-27(35)16-24/h7-17,20,29,32,41-42H,6,18-19,21-22H2,1-5H3. The highest BCUT2D eigenvalue weighted by molar-refractivity contribution is 9.10. The van der Waals surface area contributed by atoms with Crippen LogP contribution in [0.25, 0.3) is 0 Å². The molecule has 2 heterocycles. The number of ether oxygens (including phenoxy) is 3. The van der Waals surface area contributed by atoms with Crippen LogP contribution in [0.1, 0.15) is 61.2 Å². The summed E-state index contributed by atoms with van der Waals surface area (Å²) in [5, 5.41) is 8.57. The molecule has 0 fully saturated rings. The minimum absolute atomic E-state index is 0.117. The number of carbonyl (C=O) groups is 1. The normalized spacial score (nSPS) is 17.8. The minimum Gasteiger partial charge on any atom is -0.487 e. The summed E-state index contributed by atoms with van der Waals surface area (Å²) in [7, 11) is -1.98. The molecule has 3 aromatic carbocycles. The molecule has 46 heavy (non-hydrogen) atoms. The number of para-hydroxylation sites is 1. The number of carbonyl (C=O) groups excluding carboxylic acids is 1. The van der Waals surface area contributed by atoms with Crippen molar-refractivity contribution >= 4 is 32.7 Å². The van der Waals surface area contributed by atoms with E-state index >= 15 is 0 Å². The number of aromatic nitrogens is 3. The van der Waals surface area contributed by atoms with Crippen LogP contribution in [0.3, 0.4) is 0 Å². The highest BCUT2D eigenvalue weighted by Crippen LogP contribution is 2.57. The fourth-order valence-electron chi connectivity index (χ4n) is 5.61. The molecule has 1 aliphatic rings. The predicted molar refractivity (Wildman–Crippen MR) is 180 cm³/mol. The Balaban J connectivity index is 1.41. The van der Waals surface area contributed by atoms with E-state index in [0.29, 0.717) is 35.8 Å². The molecule has 5 rings (SSSR count). The van der Waals surface area contributed by atoms with E-state index in [0.717, 1.165) is 26.7 Å². The van der Waals surface area contributed by atoms with E-state index in [4.69, 9.17) is 14.2 Å². The van der Waals surface area contributed by atoms with E-state index in [9.17, 15) is 13.9 Å². The van der Waals surface area contributed by atoms with Crippen LogP contribution in [-0.4, -0.2) is 54.1 Å². The summed E-state index contributed by atoms with van der Waals surface area (Å²) in [5.41, 5.74) is 3.24. The van der Waals surface area contributed by atoms with Crippen molar-refractivity contribution in [3.63, 3.8) is 0 Å². The Morgan fingerprint density at radius 2 is 1.91 bits per heavy atom. The quantitative estimate of drug-likeness (QED) is 0.152. The molecule has 0 spiro atoms. The maximum Gasteiger partial charge on any atom is 0.314 e. The molecular weight excluding hydrogens is 672 g/mol. The molecular formula is C34H41BrN4O6S. The lowest BCUT2D eigenvalue weighted by Gasteiger charge is -2.42. The van der Waals surface area contributed by atoms with Crippen molar-refractivity contribution in [1.82, 2.24) is 19.3 Å². The molecule has 4 aromatic rings. The molecule has 0 aliphatic carbocycles. The summed E-state index contributed by atoms with van der Waals surface area (Å²) >= 11 is 3.50. The minimum atomic E-state index is -3.34. The Labute approximate surface area is 280 Å². The number of fused-ring (bicyclic) bond motifs is 1. The molecule has 0 radical (unpaired) electrons. The number of halogens is 1. The number of hydrogen-bond donors (Lipinski definition) is 2. The van der Waals surface area contributed by atoms with Crippen molar-refractivity contribution in [2.24, 2.45) is 5.41 Å². The number of methoxy groups -OCH3 is 1. The van der Waals surface area contributed by atoms with Crippen molar-refractivity contribution < 1.29 is 28.1 Å². The zero-order chi connectivity index (χ0) is 33.1. The number of rotatable bonds is 11. The second-order valence-electron chi connectivity index (χ2n) is 12.1. The molecule has 0 amide bonds. The first-order valence-corrected chi connectivity index (χ1v) is 17.4. The Kier molecular flexibility index (Phi) is 10.6. The molecule has 2 N–H and O–H groups in total. The lowest BCUT2D eigenvalue weighted by Crippen LogP contribution is -2.35. The average Bonchev–Trinajstić information content (AvgIpc) is 3.43. The van der Waals surface area contributed by atoms with E-state index in [2.05, 4.69) is 26.2 Å². The van der Waals surface area contributed by atoms with Gasteiger partial charge in [0.15, 0.2) is 0 Å². The molecule has 1 aliphatic heterocycles. The summed E-state index contributed by atoms with van der Waals surface area (Å²) < 4.78 is 45.3. The summed E-state index contributed by atoms with van der Waals surface area (Å²) in [6.07, 6.45) is 1.62. The van der Waals surface area contributed by atoms with E-state index in [1.54, 1.807) is 41.0 Å². The van der Waals surface area contributed by atoms with Crippen LogP contribution < -0.4 is 4.74 Å². The smallest absolute Gasteiger partial charge is 0.314 e. The second-order valence-corrected chi connectivity index (χ2v) is 15.0. The van der Waals surface area contributed by atoms with Crippen LogP contribution in [0, 0.1) is 12.3 Å². The van der Waals surface area contributed by atoms with Gasteiger partial charge in [-0.25, -0.2) is 4.68 Å². The van der Waals surface area contributed by atoms with Crippen molar-refractivity contribution in [2.75, 3.05) is 13.7 Å². The van der Waals surface area contributed by atoms with Crippen LogP contribution in [0.15, 0.2) is 82.3 Å². The number of aryl methyl sites for hydroxylation is 1. The van der Waals surface area contributed by atoms with E-state index in [-0.39, 0.29) is 19.3 Å². The van der Waals surface area contributed by atoms with Gasteiger partial charge >= 0.3 is 5.97 Å². The average molecular weight is 714 g/mol. The van der Waals surface area contributed by atoms with Gasteiger partial charge in [-0.1, -0.05) is 70.5 Å². The first-order valence-electron chi connectivity index (χ1n) is 15.1. The van der Waals surface area contributed by atoms with Gasteiger partial charge in [0.05, 0.1) is 44.5 Å². The van der Waals surface area contributed by atoms with Gasteiger partial charge in [0.2, 0.25) is 0 Å². The number of nitrogens with zero attached hydrogens (tertiary/aromatic N) is 4. The van der Waals surface area contributed by atoms with Crippen molar-refractivity contribution in [2.45, 2.75) is 70.9 Å². The van der Waals surface area contributed by atoms with Crippen LogP contribution in [-0.2, 0) is 34.0 Å². The topological polar surface area (TPSA) is 119 Å². The number of esters is 1. The molecule has 246 valence electrons.